The van der Waals surface area contributed by atoms with Crippen LogP contribution in [0.1, 0.15) is 33.0 Å². The Morgan fingerprint density at radius 1 is 1.64 bits per heavy atom. The second kappa shape index (κ2) is 3.82. The molecule has 0 aliphatic carbocycles. The van der Waals surface area contributed by atoms with Crippen LogP contribution in [-0.4, -0.2) is 20.6 Å². The smallest absolute Gasteiger partial charge is 0.329 e. The number of nitrogens with zero attached hydrogens (tertiary/aromatic N) is 2. The van der Waals surface area contributed by atoms with Crippen molar-refractivity contribution in [3.63, 3.8) is 0 Å². The minimum Gasteiger partial charge on any atom is -0.480 e. The van der Waals surface area contributed by atoms with Gasteiger partial charge in [0.25, 0.3) is 0 Å². The van der Waals surface area contributed by atoms with Gasteiger partial charge >= 0.3 is 5.97 Å². The third kappa shape index (κ3) is 1.78. The van der Waals surface area contributed by atoms with E-state index >= 15 is 0 Å². The number of aromatic nitrogens is 2. The van der Waals surface area contributed by atoms with Crippen LogP contribution in [0.15, 0.2) is 12.4 Å². The molecular weight excluding hydrogens is 180 g/mol. The number of imidazole rings is 1. The molecule has 0 unspecified atom stereocenters. The summed E-state index contributed by atoms with van der Waals surface area (Å²) >= 11 is 0. The molecule has 0 atom stereocenters. The van der Waals surface area contributed by atoms with Crippen LogP contribution in [0.2, 0.25) is 0 Å². The lowest BCUT2D eigenvalue weighted by molar-refractivity contribution is -0.145. The van der Waals surface area contributed by atoms with E-state index in [1.165, 1.54) is 0 Å². The Hall–Kier alpha value is -1.32. The number of aliphatic carboxylic acids is 1. The van der Waals surface area contributed by atoms with Crippen LogP contribution >= 0.6 is 0 Å². The van der Waals surface area contributed by atoms with Gasteiger partial charge in [0.1, 0.15) is 11.4 Å². The maximum Gasteiger partial charge on any atom is 0.329 e. The molecule has 1 aromatic heterocycles. The zero-order chi connectivity index (χ0) is 10.8. The molecule has 4 nitrogen and oxygen atoms in total. The molecule has 0 saturated heterocycles. The number of rotatable bonds is 4. The number of carboxylic acid groups (broad SMARTS) is 1. The molecule has 1 N–H and O–H groups in total. The van der Waals surface area contributed by atoms with Crippen LogP contribution in [0, 0.1) is 0 Å². The minimum absolute atomic E-state index is 0.809. The lowest BCUT2D eigenvalue weighted by Gasteiger charge is -2.23. The van der Waals surface area contributed by atoms with Crippen molar-refractivity contribution in [2.24, 2.45) is 0 Å². The van der Waals surface area contributed by atoms with Crippen molar-refractivity contribution in [3.05, 3.63) is 18.2 Å². The molecule has 14 heavy (non-hydrogen) atoms. The first-order valence-electron chi connectivity index (χ1n) is 4.76. The highest BCUT2D eigenvalue weighted by atomic mass is 16.4. The molecule has 1 rings (SSSR count). The lowest BCUT2D eigenvalue weighted by Crippen LogP contribution is -2.36. The van der Waals surface area contributed by atoms with Gasteiger partial charge in [-0.1, -0.05) is 6.92 Å². The Bertz CT molecular complexity index is 329. The fourth-order valence-electron chi connectivity index (χ4n) is 1.35. The Kier molecular flexibility index (Phi) is 2.93. The summed E-state index contributed by atoms with van der Waals surface area (Å²) in [4.78, 5) is 15.2. The zero-order valence-electron chi connectivity index (χ0n) is 8.82. The van der Waals surface area contributed by atoms with Crippen molar-refractivity contribution in [1.29, 1.82) is 0 Å². The lowest BCUT2D eigenvalue weighted by atomic mass is 10.1. The summed E-state index contributed by atoms with van der Waals surface area (Å²) in [7, 11) is 0. The SMILES string of the molecule is CCCc1nccn1C(C)(C)C(=O)O. The Morgan fingerprint density at radius 3 is 2.79 bits per heavy atom. The largest absolute Gasteiger partial charge is 0.480 e. The fraction of sp³-hybridized carbons (Fsp3) is 0.600. The second-order valence-electron chi connectivity index (χ2n) is 3.83. The van der Waals surface area contributed by atoms with Gasteiger partial charge < -0.3 is 9.67 Å². The van der Waals surface area contributed by atoms with Crippen LogP contribution in [0.5, 0.6) is 0 Å². The van der Waals surface area contributed by atoms with Crippen molar-refractivity contribution < 1.29 is 9.90 Å². The van der Waals surface area contributed by atoms with Gasteiger partial charge in [0.05, 0.1) is 0 Å². The molecule has 0 bridgehead atoms. The van der Waals surface area contributed by atoms with E-state index in [4.69, 9.17) is 5.11 Å². The summed E-state index contributed by atoms with van der Waals surface area (Å²) in [6.45, 7) is 5.40. The molecule has 4 heteroatoms. The second-order valence-corrected chi connectivity index (χ2v) is 3.83. The molecular formula is C10H16N2O2. The molecule has 0 radical (unpaired) electrons. The van der Waals surface area contributed by atoms with Gasteiger partial charge in [-0.25, -0.2) is 9.78 Å². The zero-order valence-corrected chi connectivity index (χ0v) is 8.82. The molecule has 1 aromatic rings. The van der Waals surface area contributed by atoms with E-state index in [1.807, 2.05) is 6.92 Å². The quantitative estimate of drug-likeness (QED) is 0.796. The summed E-state index contributed by atoms with van der Waals surface area (Å²) < 4.78 is 1.72. The van der Waals surface area contributed by atoms with E-state index in [0.717, 1.165) is 18.7 Å². The number of aryl methyl sites for hydroxylation is 1. The highest BCUT2D eigenvalue weighted by Crippen LogP contribution is 2.18. The van der Waals surface area contributed by atoms with Gasteiger partial charge in [0, 0.05) is 18.8 Å². The summed E-state index contributed by atoms with van der Waals surface area (Å²) in [5.41, 5.74) is -0.916. The van der Waals surface area contributed by atoms with Crippen molar-refractivity contribution in [2.45, 2.75) is 39.2 Å². The van der Waals surface area contributed by atoms with Crippen molar-refractivity contribution in [3.8, 4) is 0 Å². The van der Waals surface area contributed by atoms with Gasteiger partial charge in [-0.2, -0.15) is 0 Å². The normalized spacial score (nSPS) is 11.6. The van der Waals surface area contributed by atoms with E-state index in [9.17, 15) is 4.79 Å². The average Bonchev–Trinajstić information content (AvgIpc) is 2.53. The van der Waals surface area contributed by atoms with Gasteiger partial charge in [0.15, 0.2) is 0 Å². The van der Waals surface area contributed by atoms with Gasteiger partial charge in [0.2, 0.25) is 0 Å². The summed E-state index contributed by atoms with van der Waals surface area (Å²) in [6, 6.07) is 0. The van der Waals surface area contributed by atoms with Crippen LogP contribution in [0.3, 0.4) is 0 Å². The first-order chi connectivity index (χ1) is 6.50. The standard InChI is InChI=1S/C10H16N2O2/c1-4-5-8-11-6-7-12(8)10(2,3)9(13)14/h6-7H,4-5H2,1-3H3,(H,13,14). The number of carboxylic acids is 1. The van der Waals surface area contributed by atoms with E-state index in [1.54, 1.807) is 30.8 Å². The molecule has 0 fully saturated rings. The van der Waals surface area contributed by atoms with Crippen molar-refractivity contribution in [2.75, 3.05) is 0 Å². The average molecular weight is 196 g/mol. The third-order valence-electron chi connectivity index (χ3n) is 2.32. The van der Waals surface area contributed by atoms with Crippen LogP contribution < -0.4 is 0 Å². The minimum atomic E-state index is -0.916. The first-order valence-corrected chi connectivity index (χ1v) is 4.76. The van der Waals surface area contributed by atoms with Crippen molar-refractivity contribution >= 4 is 5.97 Å². The van der Waals surface area contributed by atoms with E-state index in [-0.39, 0.29) is 0 Å². The maximum absolute atomic E-state index is 11.0. The summed E-state index contributed by atoms with van der Waals surface area (Å²) in [5.74, 6) is -0.00671. The number of carbonyl (C=O) groups is 1. The topological polar surface area (TPSA) is 55.1 Å². The predicted octanol–water partition coefficient (Wildman–Crippen LogP) is 1.66. The summed E-state index contributed by atoms with van der Waals surface area (Å²) in [5, 5.41) is 9.06. The highest BCUT2D eigenvalue weighted by Gasteiger charge is 2.30. The van der Waals surface area contributed by atoms with E-state index in [0.29, 0.717) is 0 Å². The Labute approximate surface area is 83.6 Å². The molecule has 0 aliphatic heterocycles. The van der Waals surface area contributed by atoms with Crippen molar-refractivity contribution in [1.82, 2.24) is 9.55 Å². The predicted molar refractivity (Wildman–Crippen MR) is 53.2 cm³/mol. The molecule has 0 aliphatic rings. The molecule has 78 valence electrons. The first kappa shape index (κ1) is 10.8. The number of hydrogen-bond acceptors (Lipinski definition) is 2. The maximum atomic E-state index is 11.0. The summed E-state index contributed by atoms with van der Waals surface area (Å²) in [6.07, 6.45) is 5.14. The molecule has 1 heterocycles. The Morgan fingerprint density at radius 2 is 2.29 bits per heavy atom. The van der Waals surface area contributed by atoms with E-state index in [2.05, 4.69) is 4.98 Å². The molecule has 0 amide bonds. The van der Waals surface area contributed by atoms with E-state index < -0.39 is 11.5 Å². The monoisotopic (exact) mass is 196 g/mol. The van der Waals surface area contributed by atoms with Gasteiger partial charge in [-0.15, -0.1) is 0 Å². The highest BCUT2D eigenvalue weighted by molar-refractivity contribution is 5.75. The van der Waals surface area contributed by atoms with Crippen LogP contribution in [0.4, 0.5) is 0 Å². The molecule has 0 aromatic carbocycles. The fourth-order valence-corrected chi connectivity index (χ4v) is 1.35. The Balaban J connectivity index is 3.05. The molecule has 0 saturated carbocycles. The number of hydrogen-bond donors (Lipinski definition) is 1. The molecule has 0 spiro atoms. The van der Waals surface area contributed by atoms with Crippen LogP contribution in [-0.2, 0) is 16.8 Å². The third-order valence-corrected chi connectivity index (χ3v) is 2.32. The van der Waals surface area contributed by atoms with Gasteiger partial charge in [-0.3, -0.25) is 0 Å². The van der Waals surface area contributed by atoms with Gasteiger partial charge in [-0.05, 0) is 20.3 Å². The van der Waals surface area contributed by atoms with Crippen LogP contribution in [0.25, 0.3) is 0 Å².